The van der Waals surface area contributed by atoms with Crippen molar-refractivity contribution in [2.45, 2.75) is 52.7 Å². The van der Waals surface area contributed by atoms with Gasteiger partial charge in [0, 0.05) is 23.4 Å². The zero-order valence-electron chi connectivity index (χ0n) is 18.7. The zero-order valence-corrected chi connectivity index (χ0v) is 18.7. The molecule has 2 heterocycles. The van der Waals surface area contributed by atoms with E-state index in [4.69, 9.17) is 9.31 Å². The molecule has 0 unspecified atom stereocenters. The number of rotatable bonds is 3. The van der Waals surface area contributed by atoms with E-state index in [2.05, 4.69) is 17.1 Å². The number of halogens is 2. The van der Waals surface area contributed by atoms with Crippen molar-refractivity contribution in [3.05, 3.63) is 71.4 Å². The van der Waals surface area contributed by atoms with Crippen LogP contribution in [0.4, 0.5) is 8.78 Å². The normalized spacial score (nSPS) is 17.2. The van der Waals surface area contributed by atoms with Crippen LogP contribution >= 0.6 is 0 Å². The van der Waals surface area contributed by atoms with E-state index in [1.807, 2.05) is 47.6 Å². The summed E-state index contributed by atoms with van der Waals surface area (Å²) in [6.07, 6.45) is 1.72. The van der Waals surface area contributed by atoms with E-state index in [9.17, 15) is 8.78 Å². The Morgan fingerprint density at radius 2 is 1.45 bits per heavy atom. The van der Waals surface area contributed by atoms with Crippen molar-refractivity contribution >= 4 is 12.6 Å². The van der Waals surface area contributed by atoms with E-state index in [-0.39, 0.29) is 5.56 Å². The molecule has 2 aromatic carbocycles. The number of aryl methyl sites for hydroxylation is 2. The highest BCUT2D eigenvalue weighted by molar-refractivity contribution is 6.62. The van der Waals surface area contributed by atoms with Gasteiger partial charge >= 0.3 is 7.12 Å². The number of pyridine rings is 1. The molecule has 4 rings (SSSR count). The van der Waals surface area contributed by atoms with Gasteiger partial charge in [-0.1, -0.05) is 18.2 Å². The van der Waals surface area contributed by atoms with Gasteiger partial charge in [0.05, 0.1) is 16.9 Å². The van der Waals surface area contributed by atoms with Crippen LogP contribution in [0.2, 0.25) is 0 Å². The van der Waals surface area contributed by atoms with Gasteiger partial charge in [-0.3, -0.25) is 4.98 Å². The van der Waals surface area contributed by atoms with Crippen LogP contribution in [0.25, 0.3) is 22.4 Å². The fourth-order valence-corrected chi connectivity index (χ4v) is 3.97. The first-order chi connectivity index (χ1) is 14.5. The van der Waals surface area contributed by atoms with Crippen molar-refractivity contribution in [2.24, 2.45) is 0 Å². The molecule has 3 nitrogen and oxygen atoms in total. The molecule has 0 atom stereocenters. The molecule has 0 N–H and O–H groups in total. The predicted octanol–water partition coefficient (Wildman–Crippen LogP) is 5.61. The highest BCUT2D eigenvalue weighted by atomic mass is 19.1. The largest absolute Gasteiger partial charge is 0.494 e. The molecule has 1 aliphatic rings. The maximum Gasteiger partial charge on any atom is 0.494 e. The summed E-state index contributed by atoms with van der Waals surface area (Å²) < 4.78 is 39.7. The van der Waals surface area contributed by atoms with Crippen LogP contribution < -0.4 is 5.46 Å². The number of hydrogen-bond donors (Lipinski definition) is 0. The van der Waals surface area contributed by atoms with E-state index in [0.717, 1.165) is 33.8 Å². The topological polar surface area (TPSA) is 31.4 Å². The van der Waals surface area contributed by atoms with Crippen LogP contribution in [0.5, 0.6) is 0 Å². The minimum Gasteiger partial charge on any atom is -0.399 e. The second kappa shape index (κ2) is 7.54. The van der Waals surface area contributed by atoms with Crippen molar-refractivity contribution in [2.75, 3.05) is 0 Å². The molecule has 1 aromatic heterocycles. The molecule has 31 heavy (non-hydrogen) atoms. The Morgan fingerprint density at radius 3 is 1.97 bits per heavy atom. The molecule has 0 spiro atoms. The minimum atomic E-state index is -0.626. The molecular formula is C25H26BF2NO2. The first kappa shape index (κ1) is 21.7. The number of nitrogens with zero attached hydrogens (tertiary/aromatic N) is 1. The summed E-state index contributed by atoms with van der Waals surface area (Å²) in [5.74, 6) is -1.23. The third-order valence-electron chi connectivity index (χ3n) is 6.34. The summed E-state index contributed by atoms with van der Waals surface area (Å²) in [6.45, 7) is 12.3. The van der Waals surface area contributed by atoms with Gasteiger partial charge in [-0.15, -0.1) is 0 Å². The predicted molar refractivity (Wildman–Crippen MR) is 120 cm³/mol. The summed E-state index contributed by atoms with van der Waals surface area (Å²) in [7, 11) is -0.418. The van der Waals surface area contributed by atoms with E-state index < -0.39 is 30.0 Å². The maximum atomic E-state index is 14.1. The molecule has 160 valence electrons. The number of hydrogen-bond acceptors (Lipinski definition) is 3. The first-order valence-corrected chi connectivity index (χ1v) is 10.4. The number of aromatic nitrogens is 1. The van der Waals surface area contributed by atoms with Crippen molar-refractivity contribution in [1.82, 2.24) is 4.98 Å². The van der Waals surface area contributed by atoms with E-state index >= 15 is 0 Å². The van der Waals surface area contributed by atoms with Gasteiger partial charge in [0.15, 0.2) is 0 Å². The molecule has 1 fully saturated rings. The molecule has 0 radical (unpaired) electrons. The second-order valence-electron chi connectivity index (χ2n) is 9.17. The number of benzene rings is 2. The van der Waals surface area contributed by atoms with Crippen LogP contribution in [0.15, 0.2) is 48.7 Å². The van der Waals surface area contributed by atoms with Crippen LogP contribution in [0, 0.1) is 25.5 Å². The van der Waals surface area contributed by atoms with Gasteiger partial charge in [-0.2, -0.15) is 0 Å². The quantitative estimate of drug-likeness (QED) is 0.516. The summed E-state index contributed by atoms with van der Waals surface area (Å²) in [4.78, 5) is 4.42. The monoisotopic (exact) mass is 421 g/mol. The highest BCUT2D eigenvalue weighted by Gasteiger charge is 2.51. The Bertz CT molecular complexity index is 1100. The highest BCUT2D eigenvalue weighted by Crippen LogP contribution is 2.37. The Kier molecular flexibility index (Phi) is 5.27. The van der Waals surface area contributed by atoms with Crippen LogP contribution in [-0.2, 0) is 9.31 Å². The summed E-state index contributed by atoms with van der Waals surface area (Å²) in [6, 6.07) is 11.3. The van der Waals surface area contributed by atoms with Gasteiger partial charge in [0.25, 0.3) is 0 Å². The van der Waals surface area contributed by atoms with Crippen LogP contribution in [-0.4, -0.2) is 23.3 Å². The van der Waals surface area contributed by atoms with Gasteiger partial charge in [0.2, 0.25) is 0 Å². The molecule has 0 saturated carbocycles. The zero-order chi connectivity index (χ0) is 22.6. The lowest BCUT2D eigenvalue weighted by Crippen LogP contribution is -2.41. The standard InChI is InChI=1S/C25H26BF2NO2/c1-15-11-18(26-30-24(3,4)25(5,6)31-26)12-16(2)23(15)17-7-10-22(29-14-17)20-9-8-19(27)13-21(20)28/h7-14H,1-6H3. The average molecular weight is 421 g/mol. The summed E-state index contributed by atoms with van der Waals surface area (Å²) in [5, 5.41) is 0. The third kappa shape index (κ3) is 3.90. The molecule has 0 bridgehead atoms. The summed E-state index contributed by atoms with van der Waals surface area (Å²) >= 11 is 0. The van der Waals surface area contributed by atoms with Crippen molar-refractivity contribution in [3.8, 4) is 22.4 Å². The second-order valence-corrected chi connectivity index (χ2v) is 9.17. The lowest BCUT2D eigenvalue weighted by atomic mass is 9.76. The average Bonchev–Trinajstić information content (AvgIpc) is 2.89. The van der Waals surface area contributed by atoms with Crippen molar-refractivity contribution < 1.29 is 18.1 Å². The van der Waals surface area contributed by atoms with E-state index in [1.165, 1.54) is 12.1 Å². The van der Waals surface area contributed by atoms with Gasteiger partial charge in [-0.05, 0) is 81.9 Å². The fraction of sp³-hybridized carbons (Fsp3) is 0.320. The molecule has 6 heteroatoms. The minimum absolute atomic E-state index is 0.275. The molecule has 0 aliphatic carbocycles. The molecular weight excluding hydrogens is 395 g/mol. The SMILES string of the molecule is Cc1cc(B2OC(C)(C)C(C)(C)O2)cc(C)c1-c1ccc(-c2ccc(F)cc2F)nc1. The Labute approximate surface area is 182 Å². The lowest BCUT2D eigenvalue weighted by Gasteiger charge is -2.32. The Balaban J connectivity index is 1.65. The lowest BCUT2D eigenvalue weighted by molar-refractivity contribution is 0.00578. The van der Waals surface area contributed by atoms with Crippen LogP contribution in [0.3, 0.4) is 0 Å². The molecule has 3 aromatic rings. The molecule has 1 aliphatic heterocycles. The van der Waals surface area contributed by atoms with E-state index in [0.29, 0.717) is 5.69 Å². The van der Waals surface area contributed by atoms with E-state index in [1.54, 1.807) is 12.3 Å². The summed E-state index contributed by atoms with van der Waals surface area (Å²) in [5.41, 5.74) is 5.08. The fourth-order valence-electron chi connectivity index (χ4n) is 3.97. The smallest absolute Gasteiger partial charge is 0.399 e. The molecule has 1 saturated heterocycles. The third-order valence-corrected chi connectivity index (χ3v) is 6.34. The molecule has 0 amide bonds. The van der Waals surface area contributed by atoms with Gasteiger partial charge in [-0.25, -0.2) is 8.78 Å². The van der Waals surface area contributed by atoms with Gasteiger partial charge in [0.1, 0.15) is 11.6 Å². The first-order valence-electron chi connectivity index (χ1n) is 10.4. The maximum absolute atomic E-state index is 14.1. The van der Waals surface area contributed by atoms with Crippen LogP contribution in [0.1, 0.15) is 38.8 Å². The van der Waals surface area contributed by atoms with Crippen molar-refractivity contribution in [1.29, 1.82) is 0 Å². The Hall–Kier alpha value is -2.57. The van der Waals surface area contributed by atoms with Gasteiger partial charge < -0.3 is 9.31 Å². The van der Waals surface area contributed by atoms with Crippen molar-refractivity contribution in [3.63, 3.8) is 0 Å². The Morgan fingerprint density at radius 1 is 0.839 bits per heavy atom.